The van der Waals surface area contributed by atoms with Gasteiger partial charge in [0.25, 0.3) is 5.91 Å². The fourth-order valence-corrected chi connectivity index (χ4v) is 4.97. The summed E-state index contributed by atoms with van der Waals surface area (Å²) in [5.74, 6) is -0.231. The summed E-state index contributed by atoms with van der Waals surface area (Å²) >= 11 is 6.19. The second kappa shape index (κ2) is 8.00. The lowest BCUT2D eigenvalue weighted by molar-refractivity contribution is 0.0784. The topological polar surface area (TPSA) is 57.7 Å². The molecule has 144 valence electrons. The van der Waals surface area contributed by atoms with E-state index < -0.39 is 10.0 Å². The molecule has 0 N–H and O–H groups in total. The molecule has 0 aliphatic carbocycles. The van der Waals surface area contributed by atoms with Crippen LogP contribution in [0.2, 0.25) is 5.02 Å². The third-order valence-electron chi connectivity index (χ3n) is 4.85. The Balaban J connectivity index is 1.87. The molecule has 1 heterocycles. The van der Waals surface area contributed by atoms with Gasteiger partial charge in [0.2, 0.25) is 10.0 Å². The van der Waals surface area contributed by atoms with Gasteiger partial charge in [-0.2, -0.15) is 4.31 Å². The van der Waals surface area contributed by atoms with Crippen LogP contribution in [0.4, 0.5) is 0 Å². The van der Waals surface area contributed by atoms with Gasteiger partial charge in [0.05, 0.1) is 4.90 Å². The van der Waals surface area contributed by atoms with E-state index in [9.17, 15) is 13.2 Å². The third-order valence-corrected chi connectivity index (χ3v) is 7.12. The second-order valence-corrected chi connectivity index (χ2v) is 9.19. The van der Waals surface area contributed by atoms with Crippen LogP contribution in [0.5, 0.6) is 0 Å². The molecular formula is C20H23ClN2O3S. The minimum absolute atomic E-state index is 0.171. The minimum atomic E-state index is -3.56. The number of aryl methyl sites for hydroxylation is 1. The van der Waals surface area contributed by atoms with Crippen molar-refractivity contribution in [1.82, 2.24) is 9.21 Å². The Morgan fingerprint density at radius 3 is 2.48 bits per heavy atom. The number of carbonyl (C=O) groups is 1. The lowest BCUT2D eigenvalue weighted by Gasteiger charge is -2.21. The summed E-state index contributed by atoms with van der Waals surface area (Å²) in [7, 11) is -1.87. The molecule has 0 saturated carbocycles. The van der Waals surface area contributed by atoms with E-state index in [1.807, 2.05) is 25.1 Å². The zero-order valence-corrected chi connectivity index (χ0v) is 17.1. The fourth-order valence-electron chi connectivity index (χ4n) is 3.23. The highest BCUT2D eigenvalue weighted by Gasteiger charge is 2.28. The van der Waals surface area contributed by atoms with Gasteiger partial charge in [-0.15, -0.1) is 0 Å². The highest BCUT2D eigenvalue weighted by Crippen LogP contribution is 2.24. The van der Waals surface area contributed by atoms with E-state index in [1.54, 1.807) is 30.1 Å². The number of amides is 1. The van der Waals surface area contributed by atoms with E-state index >= 15 is 0 Å². The first-order chi connectivity index (χ1) is 12.8. The Hall–Kier alpha value is -1.89. The normalized spacial score (nSPS) is 15.1. The van der Waals surface area contributed by atoms with Gasteiger partial charge in [-0.05, 0) is 49.1 Å². The number of hydrogen-bond acceptors (Lipinski definition) is 3. The molecule has 3 rings (SSSR count). The van der Waals surface area contributed by atoms with Crippen LogP contribution in [0.25, 0.3) is 0 Å². The maximum Gasteiger partial charge on any atom is 0.254 e. The van der Waals surface area contributed by atoms with Gasteiger partial charge >= 0.3 is 0 Å². The van der Waals surface area contributed by atoms with Crippen molar-refractivity contribution >= 4 is 27.5 Å². The van der Waals surface area contributed by atoms with Gasteiger partial charge < -0.3 is 4.90 Å². The van der Waals surface area contributed by atoms with Crippen molar-refractivity contribution in [1.29, 1.82) is 0 Å². The molecule has 1 saturated heterocycles. The molecule has 0 aromatic heterocycles. The van der Waals surface area contributed by atoms with E-state index in [0.29, 0.717) is 30.2 Å². The summed E-state index contributed by atoms with van der Waals surface area (Å²) in [6.45, 7) is 3.22. The predicted molar refractivity (Wildman–Crippen MR) is 106 cm³/mol. The molecular weight excluding hydrogens is 384 g/mol. The van der Waals surface area contributed by atoms with Crippen molar-refractivity contribution < 1.29 is 13.2 Å². The van der Waals surface area contributed by atoms with Crippen molar-refractivity contribution in [2.45, 2.75) is 31.2 Å². The van der Waals surface area contributed by atoms with Crippen molar-refractivity contribution in [3.8, 4) is 0 Å². The highest BCUT2D eigenvalue weighted by atomic mass is 35.5. The van der Waals surface area contributed by atoms with Gasteiger partial charge in [-0.25, -0.2) is 8.42 Å². The van der Waals surface area contributed by atoms with Gasteiger partial charge in [0.15, 0.2) is 0 Å². The number of carbonyl (C=O) groups excluding carboxylic acids is 1. The summed E-state index contributed by atoms with van der Waals surface area (Å²) in [5, 5.41) is 0.597. The molecule has 2 aromatic rings. The Kier molecular flexibility index (Phi) is 5.89. The maximum atomic E-state index is 13.0. The van der Waals surface area contributed by atoms with Gasteiger partial charge in [-0.1, -0.05) is 35.9 Å². The summed E-state index contributed by atoms with van der Waals surface area (Å²) in [5.41, 5.74) is 1.98. The predicted octanol–water partition coefficient (Wildman–Crippen LogP) is 3.71. The van der Waals surface area contributed by atoms with Crippen LogP contribution < -0.4 is 0 Å². The first-order valence-electron chi connectivity index (χ1n) is 8.90. The van der Waals surface area contributed by atoms with Crippen LogP contribution >= 0.6 is 11.6 Å². The van der Waals surface area contributed by atoms with E-state index in [4.69, 9.17) is 11.6 Å². The summed E-state index contributed by atoms with van der Waals surface area (Å²) in [4.78, 5) is 14.7. The van der Waals surface area contributed by atoms with Gasteiger partial charge in [0.1, 0.15) is 0 Å². The van der Waals surface area contributed by atoms with Crippen LogP contribution in [0.15, 0.2) is 47.4 Å². The molecule has 0 spiro atoms. The highest BCUT2D eigenvalue weighted by molar-refractivity contribution is 7.89. The Labute approximate surface area is 165 Å². The molecule has 0 radical (unpaired) electrons. The monoisotopic (exact) mass is 406 g/mol. The molecule has 5 nitrogen and oxygen atoms in total. The van der Waals surface area contributed by atoms with E-state index in [2.05, 4.69) is 0 Å². The number of sulfonamides is 1. The molecule has 0 bridgehead atoms. The SMILES string of the molecule is Cc1ccc(S(=O)(=O)N2CCCC2)cc1C(=O)N(C)Cc1ccccc1Cl. The number of hydrogen-bond donors (Lipinski definition) is 0. The molecule has 7 heteroatoms. The minimum Gasteiger partial charge on any atom is -0.337 e. The number of benzene rings is 2. The quantitative estimate of drug-likeness (QED) is 0.760. The van der Waals surface area contributed by atoms with Crippen molar-refractivity contribution in [3.63, 3.8) is 0 Å². The molecule has 0 atom stereocenters. The average Bonchev–Trinajstić information content (AvgIpc) is 3.19. The number of rotatable bonds is 5. The van der Waals surface area contributed by atoms with Gasteiger partial charge in [0, 0.05) is 37.3 Å². The first-order valence-corrected chi connectivity index (χ1v) is 10.7. The molecule has 0 unspecified atom stereocenters. The third kappa shape index (κ3) is 4.18. The van der Waals surface area contributed by atoms with Crippen LogP contribution in [-0.2, 0) is 16.6 Å². The van der Waals surface area contributed by atoms with E-state index in [1.165, 1.54) is 10.4 Å². The molecule has 1 amide bonds. The van der Waals surface area contributed by atoms with Crippen LogP contribution in [0.1, 0.15) is 34.3 Å². The average molecular weight is 407 g/mol. The Morgan fingerprint density at radius 1 is 1.15 bits per heavy atom. The zero-order chi connectivity index (χ0) is 19.6. The van der Waals surface area contributed by atoms with Crippen molar-refractivity contribution in [2.24, 2.45) is 0 Å². The Bertz CT molecular complexity index is 953. The lowest BCUT2D eigenvalue weighted by Crippen LogP contribution is -2.29. The maximum absolute atomic E-state index is 13.0. The molecule has 1 aliphatic heterocycles. The molecule has 2 aromatic carbocycles. The van der Waals surface area contributed by atoms with Crippen molar-refractivity contribution in [2.75, 3.05) is 20.1 Å². The van der Waals surface area contributed by atoms with E-state index in [-0.39, 0.29) is 10.8 Å². The second-order valence-electron chi connectivity index (χ2n) is 6.84. The first kappa shape index (κ1) is 19.9. The summed E-state index contributed by atoms with van der Waals surface area (Å²) in [6.07, 6.45) is 1.74. The van der Waals surface area contributed by atoms with E-state index in [0.717, 1.165) is 24.0 Å². The fraction of sp³-hybridized carbons (Fsp3) is 0.350. The van der Waals surface area contributed by atoms with Crippen LogP contribution in [0, 0.1) is 6.92 Å². The standard InChI is InChI=1S/C20H23ClN2O3S/c1-15-9-10-17(27(25,26)23-11-5-6-12-23)13-18(15)20(24)22(2)14-16-7-3-4-8-19(16)21/h3-4,7-10,13H,5-6,11-12,14H2,1-2H3. The van der Waals surface area contributed by atoms with Gasteiger partial charge in [-0.3, -0.25) is 4.79 Å². The summed E-state index contributed by atoms with van der Waals surface area (Å²) < 4.78 is 27.1. The molecule has 27 heavy (non-hydrogen) atoms. The van der Waals surface area contributed by atoms with Crippen LogP contribution in [0.3, 0.4) is 0 Å². The van der Waals surface area contributed by atoms with Crippen LogP contribution in [-0.4, -0.2) is 43.7 Å². The zero-order valence-electron chi connectivity index (χ0n) is 15.5. The largest absolute Gasteiger partial charge is 0.337 e. The Morgan fingerprint density at radius 2 is 1.81 bits per heavy atom. The molecule has 1 aliphatic rings. The number of halogens is 1. The lowest BCUT2D eigenvalue weighted by atomic mass is 10.1. The smallest absolute Gasteiger partial charge is 0.254 e. The molecule has 1 fully saturated rings. The summed E-state index contributed by atoms with van der Waals surface area (Å²) in [6, 6.07) is 12.1. The van der Waals surface area contributed by atoms with Crippen molar-refractivity contribution in [3.05, 3.63) is 64.2 Å². The number of nitrogens with zero attached hydrogens (tertiary/aromatic N) is 2.